The summed E-state index contributed by atoms with van der Waals surface area (Å²) < 4.78 is 0. The minimum absolute atomic E-state index is 0.755. The Kier molecular flexibility index (Phi) is 2.19. The lowest BCUT2D eigenvalue weighted by Crippen LogP contribution is -2.25. The number of benzene rings is 1. The fraction of sp³-hybridized carbons (Fsp3) is 0.571. The minimum Gasteiger partial charge on any atom is -0.382 e. The molecule has 0 radical (unpaired) electrons. The molecule has 1 N–H and O–H groups in total. The van der Waals surface area contributed by atoms with Crippen LogP contribution < -0.4 is 5.32 Å². The normalized spacial score (nSPS) is 33.3. The van der Waals surface area contributed by atoms with Crippen molar-refractivity contribution >= 4 is 5.69 Å². The first kappa shape index (κ1) is 9.26. The first-order valence-electron chi connectivity index (χ1n) is 6.14. The van der Waals surface area contributed by atoms with Crippen LogP contribution in [0.1, 0.15) is 31.2 Å². The van der Waals surface area contributed by atoms with Gasteiger partial charge >= 0.3 is 0 Å². The molecule has 1 nitrogen and oxygen atoms in total. The molecule has 0 unspecified atom stereocenters. The first-order chi connectivity index (χ1) is 7.31. The van der Waals surface area contributed by atoms with Gasteiger partial charge in [-0.3, -0.25) is 0 Å². The van der Waals surface area contributed by atoms with E-state index in [0.717, 1.165) is 17.9 Å². The number of fused-ring (bicyclic) bond motifs is 2. The van der Waals surface area contributed by atoms with Crippen molar-refractivity contribution in [1.29, 1.82) is 0 Å². The maximum absolute atomic E-state index is 3.71. The van der Waals surface area contributed by atoms with Gasteiger partial charge in [0.2, 0.25) is 0 Å². The van der Waals surface area contributed by atoms with Crippen molar-refractivity contribution in [1.82, 2.24) is 0 Å². The predicted molar refractivity (Wildman–Crippen MR) is 64.0 cm³/mol. The van der Waals surface area contributed by atoms with Crippen LogP contribution in [0.2, 0.25) is 0 Å². The first-order valence-corrected chi connectivity index (χ1v) is 6.14. The average molecular weight is 201 g/mol. The lowest BCUT2D eigenvalue weighted by Gasteiger charge is -2.24. The Morgan fingerprint density at radius 1 is 1.20 bits per heavy atom. The van der Waals surface area contributed by atoms with Crippen molar-refractivity contribution in [2.45, 2.75) is 38.6 Å². The summed E-state index contributed by atoms with van der Waals surface area (Å²) in [5.41, 5.74) is 2.66. The minimum atomic E-state index is 0.755. The molecule has 2 aliphatic rings. The smallest absolute Gasteiger partial charge is 0.0345 e. The quantitative estimate of drug-likeness (QED) is 0.771. The van der Waals surface area contributed by atoms with Crippen LogP contribution >= 0.6 is 0 Å². The maximum atomic E-state index is 3.71. The van der Waals surface area contributed by atoms with Gasteiger partial charge in [-0.05, 0) is 55.7 Å². The van der Waals surface area contributed by atoms with E-state index in [9.17, 15) is 0 Å². The van der Waals surface area contributed by atoms with Crippen LogP contribution in [0.4, 0.5) is 5.69 Å². The second-order valence-electron chi connectivity index (χ2n) is 5.30. The number of hydrogen-bond acceptors (Lipinski definition) is 1. The molecule has 3 rings (SSSR count). The van der Waals surface area contributed by atoms with Crippen LogP contribution in [0, 0.1) is 18.8 Å². The highest BCUT2D eigenvalue weighted by Gasteiger charge is 2.39. The van der Waals surface area contributed by atoms with E-state index in [-0.39, 0.29) is 0 Å². The van der Waals surface area contributed by atoms with E-state index in [0.29, 0.717) is 0 Å². The number of rotatable bonds is 2. The molecule has 0 aliphatic heterocycles. The third-order valence-corrected chi connectivity index (χ3v) is 4.11. The van der Waals surface area contributed by atoms with Crippen LogP contribution in [0.5, 0.6) is 0 Å². The highest BCUT2D eigenvalue weighted by Crippen LogP contribution is 2.45. The molecule has 2 bridgehead atoms. The van der Waals surface area contributed by atoms with E-state index in [4.69, 9.17) is 0 Å². The number of hydrogen-bond donors (Lipinski definition) is 1. The fourth-order valence-electron chi connectivity index (χ4n) is 3.37. The van der Waals surface area contributed by atoms with Crippen molar-refractivity contribution < 1.29 is 0 Å². The predicted octanol–water partition coefficient (Wildman–Crippen LogP) is 3.60. The Labute approximate surface area is 91.9 Å². The van der Waals surface area contributed by atoms with E-state index < -0.39 is 0 Å². The largest absolute Gasteiger partial charge is 0.382 e. The monoisotopic (exact) mass is 201 g/mol. The van der Waals surface area contributed by atoms with Crippen LogP contribution in [0.3, 0.4) is 0 Å². The molecule has 2 saturated carbocycles. The topological polar surface area (TPSA) is 12.0 Å². The van der Waals surface area contributed by atoms with E-state index in [2.05, 4.69) is 36.5 Å². The second-order valence-corrected chi connectivity index (χ2v) is 5.30. The van der Waals surface area contributed by atoms with Gasteiger partial charge in [0.1, 0.15) is 0 Å². The van der Waals surface area contributed by atoms with E-state index >= 15 is 0 Å². The molecule has 80 valence electrons. The number of aryl methyl sites for hydroxylation is 1. The second kappa shape index (κ2) is 3.55. The van der Waals surface area contributed by atoms with Crippen LogP contribution in [-0.4, -0.2) is 6.04 Å². The average Bonchev–Trinajstić information content (AvgIpc) is 2.79. The molecule has 0 amide bonds. The molecule has 15 heavy (non-hydrogen) atoms. The van der Waals surface area contributed by atoms with Gasteiger partial charge in [0.05, 0.1) is 0 Å². The van der Waals surface area contributed by atoms with Crippen LogP contribution in [0.25, 0.3) is 0 Å². The van der Waals surface area contributed by atoms with E-state index in [1.165, 1.54) is 36.9 Å². The Morgan fingerprint density at radius 3 is 2.80 bits per heavy atom. The van der Waals surface area contributed by atoms with Gasteiger partial charge in [0, 0.05) is 11.7 Å². The van der Waals surface area contributed by atoms with Crippen LogP contribution in [0.15, 0.2) is 24.3 Å². The molecule has 1 aromatic carbocycles. The Balaban J connectivity index is 1.71. The van der Waals surface area contributed by atoms with Gasteiger partial charge < -0.3 is 5.32 Å². The molecule has 2 fully saturated rings. The van der Waals surface area contributed by atoms with Gasteiger partial charge in [-0.1, -0.05) is 18.6 Å². The molecule has 0 aromatic heterocycles. The Bertz CT molecular complexity index is 358. The molecule has 0 heterocycles. The van der Waals surface area contributed by atoms with Crippen molar-refractivity contribution in [3.8, 4) is 0 Å². The third kappa shape index (κ3) is 1.75. The molecular formula is C14H19N. The van der Waals surface area contributed by atoms with Crippen molar-refractivity contribution in [3.05, 3.63) is 29.8 Å². The van der Waals surface area contributed by atoms with Gasteiger partial charge in [-0.15, -0.1) is 0 Å². The zero-order valence-electron chi connectivity index (χ0n) is 9.37. The summed E-state index contributed by atoms with van der Waals surface area (Å²) in [6, 6.07) is 9.51. The van der Waals surface area contributed by atoms with Gasteiger partial charge in [0.15, 0.2) is 0 Å². The summed E-state index contributed by atoms with van der Waals surface area (Å²) >= 11 is 0. The van der Waals surface area contributed by atoms with Gasteiger partial charge in [0.25, 0.3) is 0 Å². The van der Waals surface area contributed by atoms with Crippen molar-refractivity contribution in [2.24, 2.45) is 11.8 Å². The summed E-state index contributed by atoms with van der Waals surface area (Å²) in [6.07, 6.45) is 5.81. The molecule has 1 aromatic rings. The van der Waals surface area contributed by atoms with Gasteiger partial charge in [-0.25, -0.2) is 0 Å². The third-order valence-electron chi connectivity index (χ3n) is 4.11. The molecule has 3 atom stereocenters. The van der Waals surface area contributed by atoms with E-state index in [1.807, 2.05) is 0 Å². The standard InChI is InChI=1S/C14H19N/c1-10-3-2-4-13(7-10)15-14-9-11-5-6-12(14)8-11/h2-4,7,11-12,14-15H,5-6,8-9H2,1H3/t11-,12-,14-/m1/s1. The van der Waals surface area contributed by atoms with Crippen molar-refractivity contribution in [3.63, 3.8) is 0 Å². The lowest BCUT2D eigenvalue weighted by atomic mass is 9.95. The SMILES string of the molecule is Cc1cccc(N[C@@H]2C[C@@H]3CC[C@@H]2C3)c1. The summed E-state index contributed by atoms with van der Waals surface area (Å²) in [5, 5.41) is 3.71. The number of nitrogens with one attached hydrogen (secondary N) is 1. The summed E-state index contributed by atoms with van der Waals surface area (Å²) in [6.45, 7) is 2.16. The zero-order chi connectivity index (χ0) is 10.3. The summed E-state index contributed by atoms with van der Waals surface area (Å²) in [5.74, 6) is 1.98. The Morgan fingerprint density at radius 2 is 2.13 bits per heavy atom. The summed E-state index contributed by atoms with van der Waals surface area (Å²) in [7, 11) is 0. The highest BCUT2D eigenvalue weighted by molar-refractivity contribution is 5.46. The number of anilines is 1. The molecular weight excluding hydrogens is 182 g/mol. The van der Waals surface area contributed by atoms with Crippen molar-refractivity contribution in [2.75, 3.05) is 5.32 Å². The fourth-order valence-corrected chi connectivity index (χ4v) is 3.37. The molecule has 2 aliphatic carbocycles. The highest BCUT2D eigenvalue weighted by atomic mass is 14.9. The molecule has 0 spiro atoms. The Hall–Kier alpha value is -0.980. The van der Waals surface area contributed by atoms with Crippen LogP contribution in [-0.2, 0) is 0 Å². The van der Waals surface area contributed by atoms with Gasteiger partial charge in [-0.2, -0.15) is 0 Å². The zero-order valence-corrected chi connectivity index (χ0v) is 9.37. The maximum Gasteiger partial charge on any atom is 0.0345 e. The molecule has 1 heteroatoms. The van der Waals surface area contributed by atoms with E-state index in [1.54, 1.807) is 0 Å². The lowest BCUT2D eigenvalue weighted by molar-refractivity contribution is 0.440. The summed E-state index contributed by atoms with van der Waals surface area (Å²) in [4.78, 5) is 0. The molecule has 0 saturated heterocycles.